The van der Waals surface area contributed by atoms with Crippen LogP contribution < -0.4 is 0 Å². The number of benzene rings is 2. The molecule has 0 radical (unpaired) electrons. The molecule has 3 aromatic rings. The highest BCUT2D eigenvalue weighted by Gasteiger charge is 2.31. The maximum atomic E-state index is 13.1. The molecule has 0 N–H and O–H groups in total. The van der Waals surface area contributed by atoms with Crippen LogP contribution in [0, 0.1) is 5.82 Å². The molecule has 30 heavy (non-hydrogen) atoms. The van der Waals surface area contributed by atoms with Gasteiger partial charge in [-0.25, -0.2) is 12.8 Å². The van der Waals surface area contributed by atoms with E-state index in [0.717, 1.165) is 0 Å². The van der Waals surface area contributed by atoms with Crippen molar-refractivity contribution < 1.29 is 17.3 Å². The van der Waals surface area contributed by atoms with Gasteiger partial charge in [-0.05, 0) is 36.4 Å². The van der Waals surface area contributed by atoms with Crippen molar-refractivity contribution in [2.45, 2.75) is 11.4 Å². The van der Waals surface area contributed by atoms with E-state index in [9.17, 15) is 12.8 Å². The summed E-state index contributed by atoms with van der Waals surface area (Å²) in [7, 11) is -3.74. The van der Waals surface area contributed by atoms with Crippen LogP contribution in [0.15, 0.2) is 51.9 Å². The van der Waals surface area contributed by atoms with E-state index in [1.807, 2.05) is 4.90 Å². The van der Waals surface area contributed by atoms with E-state index in [1.165, 1.54) is 22.5 Å². The Morgan fingerprint density at radius 3 is 2.43 bits per heavy atom. The quantitative estimate of drug-likeness (QED) is 0.565. The summed E-state index contributed by atoms with van der Waals surface area (Å²) in [5, 5.41) is 4.15. The lowest BCUT2D eigenvalue weighted by molar-refractivity contribution is 0.163. The lowest BCUT2D eigenvalue weighted by atomic mass is 10.2. The Hall–Kier alpha value is -2.04. The van der Waals surface area contributed by atoms with Crippen molar-refractivity contribution in [3.63, 3.8) is 0 Å². The van der Waals surface area contributed by atoms with Crippen LogP contribution in [-0.4, -0.2) is 53.9 Å². The molecular formula is C19H17Cl2FN4O3S. The molecular weight excluding hydrogens is 454 g/mol. The summed E-state index contributed by atoms with van der Waals surface area (Å²) in [5.74, 6) is 0.444. The van der Waals surface area contributed by atoms with Crippen LogP contribution in [0.1, 0.15) is 5.89 Å². The third-order valence-corrected chi connectivity index (χ3v) is 7.67. The first-order valence-electron chi connectivity index (χ1n) is 9.09. The van der Waals surface area contributed by atoms with Crippen LogP contribution in [0.3, 0.4) is 0 Å². The predicted molar refractivity (Wildman–Crippen MR) is 110 cm³/mol. The summed E-state index contributed by atoms with van der Waals surface area (Å²) in [6.45, 7) is 1.96. The van der Waals surface area contributed by atoms with Gasteiger partial charge in [0.05, 0.1) is 16.6 Å². The van der Waals surface area contributed by atoms with Gasteiger partial charge in [-0.15, -0.1) is 0 Å². The summed E-state index contributed by atoms with van der Waals surface area (Å²) >= 11 is 12.1. The summed E-state index contributed by atoms with van der Waals surface area (Å²) in [4.78, 5) is 6.36. The fourth-order valence-corrected chi connectivity index (χ4v) is 5.34. The largest absolute Gasteiger partial charge is 0.338 e. The number of piperazine rings is 1. The van der Waals surface area contributed by atoms with Gasteiger partial charge in [0.25, 0.3) is 0 Å². The van der Waals surface area contributed by atoms with E-state index in [-0.39, 0.29) is 20.8 Å². The molecule has 0 unspecified atom stereocenters. The summed E-state index contributed by atoms with van der Waals surface area (Å²) < 4.78 is 45.5. The molecule has 4 rings (SSSR count). The van der Waals surface area contributed by atoms with E-state index in [2.05, 4.69) is 10.1 Å². The average molecular weight is 471 g/mol. The third-order valence-electron chi connectivity index (χ3n) is 4.79. The average Bonchev–Trinajstić information content (AvgIpc) is 3.19. The van der Waals surface area contributed by atoms with E-state index in [1.54, 1.807) is 24.3 Å². The summed E-state index contributed by atoms with van der Waals surface area (Å²) in [6.07, 6.45) is 0. The van der Waals surface area contributed by atoms with Crippen LogP contribution in [0.2, 0.25) is 10.0 Å². The minimum absolute atomic E-state index is 0.00552. The molecule has 1 aromatic heterocycles. The monoisotopic (exact) mass is 470 g/mol. The molecule has 11 heteroatoms. The normalized spacial score (nSPS) is 16.1. The second kappa shape index (κ2) is 8.60. The predicted octanol–water partition coefficient (Wildman–Crippen LogP) is 3.69. The van der Waals surface area contributed by atoms with Gasteiger partial charge in [-0.1, -0.05) is 34.4 Å². The first-order chi connectivity index (χ1) is 14.3. The maximum absolute atomic E-state index is 13.1. The molecule has 0 saturated carbocycles. The molecule has 0 aliphatic carbocycles. The minimum atomic E-state index is -3.74. The number of nitrogens with zero attached hydrogens (tertiary/aromatic N) is 4. The van der Waals surface area contributed by atoms with Gasteiger partial charge in [0.1, 0.15) is 10.7 Å². The standard InChI is InChI=1S/C19H17Cl2FN4O3S/c20-15-2-1-3-16(18(15)21)30(27,28)26-10-8-25(9-11-26)12-17-23-19(24-29-17)13-4-6-14(22)7-5-13/h1-7H,8-12H2. The highest BCUT2D eigenvalue weighted by Crippen LogP contribution is 2.31. The molecule has 1 aliphatic heterocycles. The summed E-state index contributed by atoms with van der Waals surface area (Å²) in [6, 6.07) is 10.4. The fourth-order valence-electron chi connectivity index (χ4n) is 3.18. The number of sulfonamides is 1. The van der Waals surface area contributed by atoms with E-state index < -0.39 is 10.0 Å². The fraction of sp³-hybridized carbons (Fsp3) is 0.263. The molecule has 1 fully saturated rings. The minimum Gasteiger partial charge on any atom is -0.338 e. The zero-order valence-electron chi connectivity index (χ0n) is 15.6. The van der Waals surface area contributed by atoms with E-state index in [0.29, 0.717) is 50.0 Å². The Kier molecular flexibility index (Phi) is 6.08. The molecule has 2 heterocycles. The van der Waals surface area contributed by atoms with Gasteiger partial charge in [0.15, 0.2) is 0 Å². The van der Waals surface area contributed by atoms with Gasteiger partial charge in [-0.2, -0.15) is 9.29 Å². The van der Waals surface area contributed by atoms with Crippen LogP contribution in [0.25, 0.3) is 11.4 Å². The van der Waals surface area contributed by atoms with Gasteiger partial charge in [0, 0.05) is 31.7 Å². The van der Waals surface area contributed by atoms with Crippen LogP contribution >= 0.6 is 23.2 Å². The zero-order chi connectivity index (χ0) is 21.3. The number of rotatable bonds is 5. The SMILES string of the molecule is O=S(=O)(c1cccc(Cl)c1Cl)N1CCN(Cc2nc(-c3ccc(F)cc3)no2)CC1. The van der Waals surface area contributed by atoms with Crippen molar-refractivity contribution in [3.05, 3.63) is 64.2 Å². The van der Waals surface area contributed by atoms with E-state index in [4.69, 9.17) is 27.7 Å². The molecule has 7 nitrogen and oxygen atoms in total. The van der Waals surface area contributed by atoms with Gasteiger partial charge in [0.2, 0.25) is 21.7 Å². The molecule has 0 spiro atoms. The number of halogens is 3. The third kappa shape index (κ3) is 4.35. The van der Waals surface area contributed by atoms with Gasteiger partial charge >= 0.3 is 0 Å². The smallest absolute Gasteiger partial charge is 0.244 e. The number of hydrogen-bond acceptors (Lipinski definition) is 6. The van der Waals surface area contributed by atoms with Crippen LogP contribution in [0.5, 0.6) is 0 Å². The Bertz CT molecular complexity index is 1150. The van der Waals surface area contributed by atoms with Crippen molar-refractivity contribution in [1.82, 2.24) is 19.3 Å². The first kappa shape index (κ1) is 21.2. The molecule has 0 atom stereocenters. The zero-order valence-corrected chi connectivity index (χ0v) is 18.0. The highest BCUT2D eigenvalue weighted by molar-refractivity contribution is 7.89. The van der Waals surface area contributed by atoms with Gasteiger partial charge < -0.3 is 4.52 Å². The number of aromatic nitrogens is 2. The molecule has 1 aliphatic rings. The molecule has 0 bridgehead atoms. The maximum Gasteiger partial charge on any atom is 0.244 e. The topological polar surface area (TPSA) is 79.5 Å². The Labute approximate surface area is 183 Å². The first-order valence-corrected chi connectivity index (χ1v) is 11.3. The Balaban J connectivity index is 1.39. The summed E-state index contributed by atoms with van der Waals surface area (Å²) in [5.41, 5.74) is 0.653. The van der Waals surface area contributed by atoms with E-state index >= 15 is 0 Å². The molecule has 1 saturated heterocycles. The Morgan fingerprint density at radius 1 is 1.03 bits per heavy atom. The highest BCUT2D eigenvalue weighted by atomic mass is 35.5. The van der Waals surface area contributed by atoms with Crippen molar-refractivity contribution in [1.29, 1.82) is 0 Å². The lowest BCUT2D eigenvalue weighted by Gasteiger charge is -2.33. The van der Waals surface area contributed by atoms with Crippen molar-refractivity contribution in [3.8, 4) is 11.4 Å². The van der Waals surface area contributed by atoms with Crippen molar-refractivity contribution in [2.75, 3.05) is 26.2 Å². The van der Waals surface area contributed by atoms with Crippen LogP contribution in [-0.2, 0) is 16.6 Å². The van der Waals surface area contributed by atoms with Gasteiger partial charge in [-0.3, -0.25) is 4.90 Å². The lowest BCUT2D eigenvalue weighted by Crippen LogP contribution is -2.48. The molecule has 2 aromatic carbocycles. The number of hydrogen-bond donors (Lipinski definition) is 0. The second-order valence-corrected chi connectivity index (χ2v) is 9.44. The second-order valence-electron chi connectivity index (χ2n) is 6.75. The van der Waals surface area contributed by atoms with Crippen molar-refractivity contribution >= 4 is 33.2 Å². The molecule has 0 amide bonds. The Morgan fingerprint density at radius 2 is 1.73 bits per heavy atom. The molecule has 158 valence electrons. The van der Waals surface area contributed by atoms with Crippen molar-refractivity contribution in [2.24, 2.45) is 0 Å². The van der Waals surface area contributed by atoms with Crippen LogP contribution in [0.4, 0.5) is 4.39 Å².